The largest absolute Gasteiger partial charge is 0.322 e. The Bertz CT molecular complexity index is 563. The molecular weight excluding hydrogens is 254 g/mol. The van der Waals surface area contributed by atoms with Crippen molar-refractivity contribution in [2.45, 2.75) is 18.2 Å². The molecule has 2 rings (SSSR count). The first-order valence-electron chi connectivity index (χ1n) is 6.27. The average Bonchev–Trinajstić information content (AvgIpc) is 2.47. The van der Waals surface area contributed by atoms with Gasteiger partial charge in [-0.1, -0.05) is 25.1 Å². The second kappa shape index (κ2) is 6.43. The van der Waals surface area contributed by atoms with Crippen LogP contribution in [0.2, 0.25) is 0 Å². The quantitative estimate of drug-likeness (QED) is 0.843. The highest BCUT2D eigenvalue weighted by molar-refractivity contribution is 7.98. The number of carbonyl (C=O) groups excluding carboxylic acids is 1. The number of benzene rings is 2. The van der Waals surface area contributed by atoms with Gasteiger partial charge in [0.25, 0.3) is 5.91 Å². The predicted molar refractivity (Wildman–Crippen MR) is 82.0 cm³/mol. The lowest BCUT2D eigenvalue weighted by molar-refractivity contribution is 0.102. The van der Waals surface area contributed by atoms with Gasteiger partial charge in [-0.2, -0.15) is 0 Å². The van der Waals surface area contributed by atoms with Crippen LogP contribution in [-0.4, -0.2) is 12.2 Å². The smallest absolute Gasteiger partial charge is 0.255 e. The van der Waals surface area contributed by atoms with Crippen molar-refractivity contribution in [2.24, 2.45) is 0 Å². The highest BCUT2D eigenvalue weighted by Crippen LogP contribution is 2.19. The van der Waals surface area contributed by atoms with Crippen molar-refractivity contribution in [1.29, 1.82) is 0 Å². The van der Waals surface area contributed by atoms with Gasteiger partial charge >= 0.3 is 0 Å². The third kappa shape index (κ3) is 3.61. The first-order valence-corrected chi connectivity index (χ1v) is 7.49. The molecule has 0 atom stereocenters. The second-order valence-electron chi connectivity index (χ2n) is 4.24. The van der Waals surface area contributed by atoms with E-state index in [2.05, 4.69) is 12.2 Å². The topological polar surface area (TPSA) is 29.1 Å². The molecule has 2 aromatic rings. The Morgan fingerprint density at radius 1 is 1.16 bits per heavy atom. The molecule has 19 heavy (non-hydrogen) atoms. The van der Waals surface area contributed by atoms with Gasteiger partial charge in [0.1, 0.15) is 0 Å². The maximum Gasteiger partial charge on any atom is 0.255 e. The van der Waals surface area contributed by atoms with Gasteiger partial charge in [-0.3, -0.25) is 4.79 Å². The van der Waals surface area contributed by atoms with Crippen molar-refractivity contribution in [3.05, 3.63) is 59.7 Å². The summed E-state index contributed by atoms with van der Waals surface area (Å²) in [5, 5.41) is 2.92. The highest BCUT2D eigenvalue weighted by atomic mass is 32.2. The lowest BCUT2D eigenvalue weighted by Gasteiger charge is -2.07. The first-order chi connectivity index (χ1) is 9.22. The van der Waals surface area contributed by atoms with Crippen LogP contribution in [-0.2, 0) is 6.42 Å². The van der Waals surface area contributed by atoms with Crippen molar-refractivity contribution in [3.63, 3.8) is 0 Å². The van der Waals surface area contributed by atoms with Crippen LogP contribution in [0.4, 0.5) is 5.69 Å². The van der Waals surface area contributed by atoms with Gasteiger partial charge < -0.3 is 5.32 Å². The van der Waals surface area contributed by atoms with Crippen LogP contribution in [0.1, 0.15) is 22.8 Å². The van der Waals surface area contributed by atoms with Gasteiger partial charge in [0.15, 0.2) is 0 Å². The zero-order valence-corrected chi connectivity index (χ0v) is 12.0. The van der Waals surface area contributed by atoms with Crippen LogP contribution in [0.3, 0.4) is 0 Å². The Kier molecular flexibility index (Phi) is 4.63. The van der Waals surface area contributed by atoms with Gasteiger partial charge in [-0.15, -0.1) is 11.8 Å². The summed E-state index contributed by atoms with van der Waals surface area (Å²) >= 11 is 1.66. The van der Waals surface area contributed by atoms with Crippen LogP contribution in [0.5, 0.6) is 0 Å². The monoisotopic (exact) mass is 271 g/mol. The molecule has 1 N–H and O–H groups in total. The molecule has 0 radical (unpaired) electrons. The number of nitrogens with one attached hydrogen (secondary N) is 1. The van der Waals surface area contributed by atoms with Crippen molar-refractivity contribution in [1.82, 2.24) is 0 Å². The standard InChI is InChI=1S/C16H17NOS/c1-3-12-7-9-13(10-8-12)16(18)17-14-5-4-6-15(11-14)19-2/h4-11H,3H2,1-2H3,(H,17,18). The van der Waals surface area contributed by atoms with E-state index in [1.54, 1.807) is 11.8 Å². The minimum Gasteiger partial charge on any atom is -0.322 e. The summed E-state index contributed by atoms with van der Waals surface area (Å²) in [6.45, 7) is 2.10. The number of rotatable bonds is 4. The predicted octanol–water partition coefficient (Wildman–Crippen LogP) is 4.22. The highest BCUT2D eigenvalue weighted by Gasteiger charge is 2.06. The lowest BCUT2D eigenvalue weighted by atomic mass is 10.1. The number of hydrogen-bond acceptors (Lipinski definition) is 2. The molecule has 2 aromatic carbocycles. The van der Waals surface area contributed by atoms with E-state index in [9.17, 15) is 4.79 Å². The lowest BCUT2D eigenvalue weighted by Crippen LogP contribution is -2.11. The van der Waals surface area contributed by atoms with Crippen LogP contribution >= 0.6 is 11.8 Å². The van der Waals surface area contributed by atoms with Crippen LogP contribution in [0.25, 0.3) is 0 Å². The molecule has 0 aliphatic heterocycles. The Morgan fingerprint density at radius 2 is 1.89 bits per heavy atom. The number of aryl methyl sites for hydroxylation is 1. The van der Waals surface area contributed by atoms with E-state index < -0.39 is 0 Å². The molecule has 0 saturated heterocycles. The van der Waals surface area contributed by atoms with Crippen molar-refractivity contribution < 1.29 is 4.79 Å². The summed E-state index contributed by atoms with van der Waals surface area (Å²) in [5.41, 5.74) is 2.75. The third-order valence-electron chi connectivity index (χ3n) is 2.95. The summed E-state index contributed by atoms with van der Waals surface area (Å²) < 4.78 is 0. The van der Waals surface area contributed by atoms with E-state index >= 15 is 0 Å². The molecule has 0 fully saturated rings. The molecule has 3 heteroatoms. The minimum atomic E-state index is -0.0686. The van der Waals surface area contributed by atoms with Crippen molar-refractivity contribution in [2.75, 3.05) is 11.6 Å². The molecule has 0 spiro atoms. The maximum atomic E-state index is 12.1. The Balaban J connectivity index is 2.11. The Labute approximate surface area is 118 Å². The van der Waals surface area contributed by atoms with Crippen LogP contribution in [0.15, 0.2) is 53.4 Å². The van der Waals surface area contributed by atoms with E-state index in [0.717, 1.165) is 17.0 Å². The summed E-state index contributed by atoms with van der Waals surface area (Å²) in [6.07, 6.45) is 3.00. The van der Waals surface area contributed by atoms with Gasteiger partial charge in [-0.25, -0.2) is 0 Å². The second-order valence-corrected chi connectivity index (χ2v) is 5.12. The van der Waals surface area contributed by atoms with Crippen molar-refractivity contribution >= 4 is 23.4 Å². The summed E-state index contributed by atoms with van der Waals surface area (Å²) in [7, 11) is 0. The minimum absolute atomic E-state index is 0.0686. The molecule has 0 saturated carbocycles. The molecule has 0 heterocycles. The number of thioether (sulfide) groups is 1. The van der Waals surface area contributed by atoms with Gasteiger partial charge in [0.2, 0.25) is 0 Å². The first kappa shape index (κ1) is 13.7. The fourth-order valence-corrected chi connectivity index (χ4v) is 2.26. The average molecular weight is 271 g/mol. The molecule has 0 aromatic heterocycles. The molecule has 1 amide bonds. The molecule has 98 valence electrons. The molecular formula is C16H17NOS. The molecule has 0 aliphatic rings. The Hall–Kier alpha value is -1.74. The normalized spacial score (nSPS) is 10.2. The summed E-state index contributed by atoms with van der Waals surface area (Å²) in [6, 6.07) is 15.6. The molecule has 0 bridgehead atoms. The summed E-state index contributed by atoms with van der Waals surface area (Å²) in [4.78, 5) is 13.2. The number of carbonyl (C=O) groups is 1. The Morgan fingerprint density at radius 3 is 2.53 bits per heavy atom. The number of anilines is 1. The third-order valence-corrected chi connectivity index (χ3v) is 3.68. The zero-order chi connectivity index (χ0) is 13.7. The van der Waals surface area contributed by atoms with Gasteiger partial charge in [0.05, 0.1) is 0 Å². The van der Waals surface area contributed by atoms with Crippen LogP contribution in [0, 0.1) is 0 Å². The van der Waals surface area contributed by atoms with E-state index in [-0.39, 0.29) is 5.91 Å². The van der Waals surface area contributed by atoms with E-state index in [1.807, 2.05) is 54.8 Å². The number of hydrogen-bond donors (Lipinski definition) is 1. The van der Waals surface area contributed by atoms with E-state index in [0.29, 0.717) is 5.56 Å². The fraction of sp³-hybridized carbons (Fsp3) is 0.188. The maximum absolute atomic E-state index is 12.1. The molecule has 2 nitrogen and oxygen atoms in total. The van der Waals surface area contributed by atoms with E-state index in [4.69, 9.17) is 0 Å². The molecule has 0 unspecified atom stereocenters. The summed E-state index contributed by atoms with van der Waals surface area (Å²) in [5.74, 6) is -0.0686. The van der Waals surface area contributed by atoms with Crippen molar-refractivity contribution in [3.8, 4) is 0 Å². The number of amides is 1. The van der Waals surface area contributed by atoms with Crippen LogP contribution < -0.4 is 5.32 Å². The van der Waals surface area contributed by atoms with Gasteiger partial charge in [-0.05, 0) is 48.6 Å². The SMILES string of the molecule is CCc1ccc(C(=O)Nc2cccc(SC)c2)cc1. The van der Waals surface area contributed by atoms with E-state index in [1.165, 1.54) is 5.56 Å². The fourth-order valence-electron chi connectivity index (χ4n) is 1.80. The molecule has 0 aliphatic carbocycles. The zero-order valence-electron chi connectivity index (χ0n) is 11.1. The van der Waals surface area contributed by atoms with Gasteiger partial charge in [0, 0.05) is 16.1 Å².